The van der Waals surface area contributed by atoms with Crippen molar-refractivity contribution in [1.82, 2.24) is 19.6 Å². The molecule has 0 aliphatic heterocycles. The van der Waals surface area contributed by atoms with Crippen molar-refractivity contribution in [3.05, 3.63) is 63.9 Å². The standard InChI is InChI=1S/C17H14N4O/c1-10-3-6-12(7-4-10)15-19-17-18-14-9-11(2)5-8-13(14)16(22)21(17)20-15/h3-9H,1-2H3,(H,18,19,20). The van der Waals surface area contributed by atoms with Gasteiger partial charge in [0.05, 0.1) is 10.9 Å². The lowest BCUT2D eigenvalue weighted by Gasteiger charge is -1.98. The molecule has 0 unspecified atom stereocenters. The van der Waals surface area contributed by atoms with E-state index in [1.165, 1.54) is 10.1 Å². The number of hydrogen-bond donors (Lipinski definition) is 1. The Morgan fingerprint density at radius 1 is 0.955 bits per heavy atom. The predicted octanol–water partition coefficient (Wildman–Crippen LogP) is 2.85. The maximum atomic E-state index is 12.5. The largest absolute Gasteiger partial charge is 0.281 e. The maximum absolute atomic E-state index is 12.5. The minimum atomic E-state index is -0.133. The molecule has 4 aromatic rings. The van der Waals surface area contributed by atoms with Gasteiger partial charge in [0.1, 0.15) is 0 Å². The third kappa shape index (κ3) is 1.90. The monoisotopic (exact) mass is 290 g/mol. The molecule has 0 atom stereocenters. The van der Waals surface area contributed by atoms with Crippen molar-refractivity contribution in [1.29, 1.82) is 0 Å². The first-order valence-corrected chi connectivity index (χ1v) is 7.08. The first-order chi connectivity index (χ1) is 10.6. The van der Waals surface area contributed by atoms with E-state index in [9.17, 15) is 4.79 Å². The number of nitrogens with zero attached hydrogens (tertiary/aromatic N) is 3. The average Bonchev–Trinajstić information content (AvgIpc) is 2.92. The van der Waals surface area contributed by atoms with E-state index >= 15 is 0 Å². The molecule has 2 heterocycles. The van der Waals surface area contributed by atoms with Gasteiger partial charge in [-0.3, -0.25) is 9.89 Å². The fourth-order valence-corrected chi connectivity index (χ4v) is 2.53. The molecule has 22 heavy (non-hydrogen) atoms. The van der Waals surface area contributed by atoms with E-state index in [0.717, 1.165) is 11.1 Å². The molecule has 5 heteroatoms. The lowest BCUT2D eigenvalue weighted by molar-refractivity contribution is 0.919. The molecule has 0 bridgehead atoms. The summed E-state index contributed by atoms with van der Waals surface area (Å²) >= 11 is 0. The molecule has 0 saturated heterocycles. The summed E-state index contributed by atoms with van der Waals surface area (Å²) in [5.74, 6) is 1.02. The highest BCUT2D eigenvalue weighted by atomic mass is 16.1. The Bertz CT molecular complexity index is 1060. The molecule has 0 fully saturated rings. The van der Waals surface area contributed by atoms with Crippen molar-refractivity contribution in [3.63, 3.8) is 0 Å². The van der Waals surface area contributed by atoms with Crippen LogP contribution in [0.3, 0.4) is 0 Å². The third-order valence-electron chi connectivity index (χ3n) is 3.76. The highest BCUT2D eigenvalue weighted by Crippen LogP contribution is 2.17. The van der Waals surface area contributed by atoms with Crippen LogP contribution >= 0.6 is 0 Å². The molecule has 0 amide bonds. The quantitative estimate of drug-likeness (QED) is 0.586. The zero-order valence-corrected chi connectivity index (χ0v) is 12.3. The van der Waals surface area contributed by atoms with E-state index in [0.29, 0.717) is 22.5 Å². The summed E-state index contributed by atoms with van der Waals surface area (Å²) in [7, 11) is 0. The Morgan fingerprint density at radius 2 is 1.68 bits per heavy atom. The van der Waals surface area contributed by atoms with Crippen molar-refractivity contribution < 1.29 is 0 Å². The normalized spacial score (nSPS) is 11.4. The van der Waals surface area contributed by atoms with Crippen LogP contribution in [0.1, 0.15) is 11.1 Å². The molecule has 5 nitrogen and oxygen atoms in total. The van der Waals surface area contributed by atoms with Crippen molar-refractivity contribution in [3.8, 4) is 11.4 Å². The molecular weight excluding hydrogens is 276 g/mol. The topological polar surface area (TPSA) is 63.1 Å². The molecule has 2 aromatic heterocycles. The minimum Gasteiger partial charge on any atom is -0.271 e. The summed E-state index contributed by atoms with van der Waals surface area (Å²) in [5.41, 5.74) is 3.71. The fourth-order valence-electron chi connectivity index (χ4n) is 2.53. The lowest BCUT2D eigenvalue weighted by atomic mass is 10.1. The van der Waals surface area contributed by atoms with Crippen LogP contribution in [0, 0.1) is 13.8 Å². The van der Waals surface area contributed by atoms with Gasteiger partial charge in [0.2, 0.25) is 0 Å². The SMILES string of the molecule is Cc1ccc(-c2nc3nc4cc(C)ccc4c(=O)n3[nH]2)cc1. The number of fused-ring (bicyclic) bond motifs is 2. The van der Waals surface area contributed by atoms with Crippen LogP contribution in [0.4, 0.5) is 0 Å². The maximum Gasteiger partial charge on any atom is 0.281 e. The summed E-state index contributed by atoms with van der Waals surface area (Å²) in [5, 5.41) is 3.62. The first kappa shape index (κ1) is 12.8. The summed E-state index contributed by atoms with van der Waals surface area (Å²) in [6.07, 6.45) is 0. The van der Waals surface area contributed by atoms with Crippen LogP contribution in [0.2, 0.25) is 0 Å². The first-order valence-electron chi connectivity index (χ1n) is 7.08. The Balaban J connectivity index is 2.01. The van der Waals surface area contributed by atoms with Gasteiger partial charge in [-0.2, -0.15) is 9.50 Å². The van der Waals surface area contributed by atoms with Gasteiger partial charge in [-0.15, -0.1) is 0 Å². The van der Waals surface area contributed by atoms with Crippen LogP contribution in [-0.2, 0) is 0 Å². The van der Waals surface area contributed by atoms with Gasteiger partial charge in [-0.1, -0.05) is 35.9 Å². The smallest absolute Gasteiger partial charge is 0.271 e. The summed E-state index contributed by atoms with van der Waals surface area (Å²) in [4.78, 5) is 21.5. The number of nitrogens with one attached hydrogen (secondary N) is 1. The minimum absolute atomic E-state index is 0.133. The van der Waals surface area contributed by atoms with Crippen molar-refractivity contribution in [2.24, 2.45) is 0 Å². The number of aryl methyl sites for hydroxylation is 2. The second-order valence-electron chi connectivity index (χ2n) is 5.51. The Kier molecular flexibility index (Phi) is 2.63. The van der Waals surface area contributed by atoms with E-state index < -0.39 is 0 Å². The van der Waals surface area contributed by atoms with Gasteiger partial charge in [-0.05, 0) is 31.5 Å². The lowest BCUT2D eigenvalue weighted by Crippen LogP contribution is -2.15. The van der Waals surface area contributed by atoms with Crippen LogP contribution in [-0.4, -0.2) is 19.6 Å². The molecule has 0 radical (unpaired) electrons. The van der Waals surface area contributed by atoms with Gasteiger partial charge in [-0.25, -0.2) is 4.98 Å². The van der Waals surface area contributed by atoms with E-state index in [4.69, 9.17) is 0 Å². The van der Waals surface area contributed by atoms with Crippen molar-refractivity contribution in [2.75, 3.05) is 0 Å². The van der Waals surface area contributed by atoms with Crippen molar-refractivity contribution in [2.45, 2.75) is 13.8 Å². The van der Waals surface area contributed by atoms with Gasteiger partial charge in [0.15, 0.2) is 5.82 Å². The number of aromatic amines is 1. The molecule has 0 aliphatic rings. The number of rotatable bonds is 1. The Hall–Kier alpha value is -2.95. The fraction of sp³-hybridized carbons (Fsp3) is 0.118. The van der Waals surface area contributed by atoms with E-state index in [1.807, 2.05) is 50.2 Å². The molecule has 2 aromatic carbocycles. The van der Waals surface area contributed by atoms with Crippen LogP contribution in [0.15, 0.2) is 47.3 Å². The summed E-state index contributed by atoms with van der Waals surface area (Å²) < 4.78 is 1.40. The van der Waals surface area contributed by atoms with E-state index in [-0.39, 0.29) is 5.56 Å². The average molecular weight is 290 g/mol. The number of hydrogen-bond acceptors (Lipinski definition) is 3. The molecule has 4 rings (SSSR count). The number of benzene rings is 2. The van der Waals surface area contributed by atoms with Gasteiger partial charge in [0.25, 0.3) is 11.3 Å². The number of H-pyrrole nitrogens is 1. The summed E-state index contributed by atoms with van der Waals surface area (Å²) in [6.45, 7) is 4.01. The Morgan fingerprint density at radius 3 is 2.45 bits per heavy atom. The van der Waals surface area contributed by atoms with Gasteiger partial charge in [0, 0.05) is 5.56 Å². The van der Waals surface area contributed by atoms with E-state index in [2.05, 4.69) is 15.1 Å². The highest BCUT2D eigenvalue weighted by molar-refractivity contribution is 5.80. The van der Waals surface area contributed by atoms with Crippen LogP contribution < -0.4 is 5.56 Å². The second kappa shape index (κ2) is 4.53. The van der Waals surface area contributed by atoms with Crippen molar-refractivity contribution >= 4 is 16.7 Å². The molecule has 0 aliphatic carbocycles. The predicted molar refractivity (Wildman–Crippen MR) is 86.0 cm³/mol. The number of aromatic nitrogens is 4. The molecular formula is C17H14N4O. The summed E-state index contributed by atoms with van der Waals surface area (Å²) in [6, 6.07) is 13.6. The molecule has 1 N–H and O–H groups in total. The Labute approximate surface area is 126 Å². The zero-order chi connectivity index (χ0) is 15.3. The van der Waals surface area contributed by atoms with E-state index in [1.54, 1.807) is 6.07 Å². The molecule has 0 saturated carbocycles. The van der Waals surface area contributed by atoms with Crippen LogP contribution in [0.25, 0.3) is 28.1 Å². The van der Waals surface area contributed by atoms with Gasteiger partial charge < -0.3 is 0 Å². The highest BCUT2D eigenvalue weighted by Gasteiger charge is 2.11. The molecule has 108 valence electrons. The zero-order valence-electron chi connectivity index (χ0n) is 12.3. The third-order valence-corrected chi connectivity index (χ3v) is 3.76. The molecule has 0 spiro atoms. The second-order valence-corrected chi connectivity index (χ2v) is 5.51. The van der Waals surface area contributed by atoms with Gasteiger partial charge >= 0.3 is 0 Å². The van der Waals surface area contributed by atoms with Crippen LogP contribution in [0.5, 0.6) is 0 Å².